The topological polar surface area (TPSA) is 131 Å². The highest BCUT2D eigenvalue weighted by Crippen LogP contribution is 2.27. The minimum absolute atomic E-state index is 0.0435. The normalized spacial score (nSPS) is 26.3. The van der Waals surface area contributed by atoms with E-state index in [-0.39, 0.29) is 19.5 Å². The number of aromatic nitrogens is 2. The Hall–Kier alpha value is -1.97. The molecule has 9 nitrogen and oxygen atoms in total. The first-order chi connectivity index (χ1) is 9.06. The van der Waals surface area contributed by atoms with Crippen molar-refractivity contribution in [3.05, 3.63) is 27.0 Å². The van der Waals surface area contributed by atoms with Gasteiger partial charge in [0.25, 0.3) is 12.0 Å². The maximum absolute atomic E-state index is 11.6. The molecular formula is C10H12N2O7. The summed E-state index contributed by atoms with van der Waals surface area (Å²) in [6, 6.07) is 0. The van der Waals surface area contributed by atoms with Crippen LogP contribution in [0.2, 0.25) is 0 Å². The Morgan fingerprint density at radius 3 is 2.89 bits per heavy atom. The zero-order valence-corrected chi connectivity index (χ0v) is 9.68. The summed E-state index contributed by atoms with van der Waals surface area (Å²) in [6.07, 6.45) is -1.56. The number of nitrogens with one attached hydrogen (secondary N) is 1. The van der Waals surface area contributed by atoms with Crippen molar-refractivity contribution in [1.29, 1.82) is 0 Å². The van der Waals surface area contributed by atoms with Gasteiger partial charge in [0.1, 0.15) is 6.10 Å². The highest BCUT2D eigenvalue weighted by Gasteiger charge is 2.35. The molecule has 0 aliphatic carbocycles. The second-order valence-corrected chi connectivity index (χ2v) is 4.01. The van der Waals surface area contributed by atoms with Crippen LogP contribution in [0.1, 0.15) is 12.6 Å². The number of carbonyl (C=O) groups excluding carboxylic acids is 1. The summed E-state index contributed by atoms with van der Waals surface area (Å²) in [5, 5.41) is 18.7. The van der Waals surface area contributed by atoms with Crippen molar-refractivity contribution in [1.82, 2.24) is 9.55 Å². The molecule has 2 heterocycles. The number of ether oxygens (including phenoxy) is 2. The lowest BCUT2D eigenvalue weighted by molar-refractivity contribution is -0.120. The Morgan fingerprint density at radius 2 is 2.32 bits per heavy atom. The number of hydrogen-bond donors (Lipinski definition) is 3. The van der Waals surface area contributed by atoms with Crippen LogP contribution in [0.4, 0.5) is 0 Å². The van der Waals surface area contributed by atoms with E-state index in [1.807, 2.05) is 4.98 Å². The molecule has 19 heavy (non-hydrogen) atoms. The van der Waals surface area contributed by atoms with Gasteiger partial charge in [-0.3, -0.25) is 19.1 Å². The molecule has 1 saturated heterocycles. The van der Waals surface area contributed by atoms with Crippen molar-refractivity contribution in [2.45, 2.75) is 24.9 Å². The standard InChI is InChI=1S/C10H12N2O7/c13-3-5-1-6(15)9(19-5)12-2-7(18-4-14)8(16)11-10(12)17/h2,4-6,9,13,15H,1,3H2,(H,11,16,17)/t5-,6-,9+/m0/s1. The monoisotopic (exact) mass is 272 g/mol. The number of rotatable bonds is 4. The summed E-state index contributed by atoms with van der Waals surface area (Å²) >= 11 is 0. The fourth-order valence-corrected chi connectivity index (χ4v) is 1.89. The summed E-state index contributed by atoms with van der Waals surface area (Å²) < 4.78 is 10.6. The largest absolute Gasteiger partial charge is 0.421 e. The van der Waals surface area contributed by atoms with Gasteiger partial charge in [-0.2, -0.15) is 0 Å². The first-order valence-corrected chi connectivity index (χ1v) is 5.47. The Kier molecular flexibility index (Phi) is 3.79. The third-order valence-corrected chi connectivity index (χ3v) is 2.75. The average Bonchev–Trinajstić information content (AvgIpc) is 2.74. The van der Waals surface area contributed by atoms with Crippen molar-refractivity contribution in [3.63, 3.8) is 0 Å². The molecule has 1 aliphatic heterocycles. The summed E-state index contributed by atoms with van der Waals surface area (Å²) in [4.78, 5) is 35.1. The SMILES string of the molecule is O=COc1cn([C@@H]2O[C@H](CO)C[C@@H]2O)c(=O)[nH]c1=O. The summed E-state index contributed by atoms with van der Waals surface area (Å²) in [5.41, 5.74) is -1.68. The van der Waals surface area contributed by atoms with Gasteiger partial charge in [-0.1, -0.05) is 0 Å². The number of aromatic amines is 1. The van der Waals surface area contributed by atoms with Crippen molar-refractivity contribution >= 4 is 6.47 Å². The van der Waals surface area contributed by atoms with Crippen LogP contribution in [0.25, 0.3) is 0 Å². The van der Waals surface area contributed by atoms with Crippen LogP contribution in [0, 0.1) is 0 Å². The first-order valence-electron chi connectivity index (χ1n) is 5.47. The van der Waals surface area contributed by atoms with Gasteiger partial charge in [-0.15, -0.1) is 0 Å². The first kappa shape index (κ1) is 13.5. The molecule has 0 amide bonds. The second-order valence-electron chi connectivity index (χ2n) is 4.01. The van der Waals surface area contributed by atoms with Crippen LogP contribution in [0.3, 0.4) is 0 Å². The predicted octanol–water partition coefficient (Wildman–Crippen LogP) is -2.29. The lowest BCUT2D eigenvalue weighted by atomic mass is 10.2. The quantitative estimate of drug-likeness (QED) is 0.526. The zero-order valence-electron chi connectivity index (χ0n) is 9.68. The third-order valence-electron chi connectivity index (χ3n) is 2.75. The molecule has 1 aromatic heterocycles. The van der Waals surface area contributed by atoms with Crippen molar-refractivity contribution in [2.75, 3.05) is 6.61 Å². The number of H-pyrrole nitrogens is 1. The van der Waals surface area contributed by atoms with Gasteiger partial charge in [0.05, 0.1) is 18.9 Å². The van der Waals surface area contributed by atoms with Gasteiger partial charge in [0.15, 0.2) is 6.23 Å². The number of nitrogens with zero attached hydrogens (tertiary/aromatic N) is 1. The van der Waals surface area contributed by atoms with Crippen molar-refractivity contribution < 1.29 is 24.5 Å². The Morgan fingerprint density at radius 1 is 1.58 bits per heavy atom. The van der Waals surface area contributed by atoms with Crippen LogP contribution >= 0.6 is 0 Å². The van der Waals surface area contributed by atoms with E-state index in [1.54, 1.807) is 0 Å². The van der Waals surface area contributed by atoms with E-state index in [0.29, 0.717) is 0 Å². The fourth-order valence-electron chi connectivity index (χ4n) is 1.89. The molecule has 0 radical (unpaired) electrons. The van der Waals surface area contributed by atoms with Crippen molar-refractivity contribution in [3.8, 4) is 5.75 Å². The van der Waals surface area contributed by atoms with Gasteiger partial charge >= 0.3 is 5.69 Å². The summed E-state index contributed by atoms with van der Waals surface area (Å²) in [7, 11) is 0. The number of hydrogen-bond acceptors (Lipinski definition) is 7. The summed E-state index contributed by atoms with van der Waals surface area (Å²) in [5.74, 6) is -0.391. The number of aliphatic hydroxyl groups excluding tert-OH is 2. The fraction of sp³-hybridized carbons (Fsp3) is 0.500. The molecule has 1 aromatic rings. The molecule has 9 heteroatoms. The lowest BCUT2D eigenvalue weighted by Gasteiger charge is -2.17. The third kappa shape index (κ3) is 2.57. The highest BCUT2D eigenvalue weighted by molar-refractivity contribution is 5.43. The van der Waals surface area contributed by atoms with E-state index in [4.69, 9.17) is 9.84 Å². The highest BCUT2D eigenvalue weighted by atomic mass is 16.5. The van der Waals surface area contributed by atoms with Gasteiger partial charge in [-0.05, 0) is 0 Å². The van der Waals surface area contributed by atoms with E-state index < -0.39 is 35.4 Å². The van der Waals surface area contributed by atoms with E-state index >= 15 is 0 Å². The molecule has 3 N–H and O–H groups in total. The molecular weight excluding hydrogens is 260 g/mol. The molecule has 0 saturated carbocycles. The van der Waals surface area contributed by atoms with Crippen LogP contribution < -0.4 is 16.0 Å². The molecule has 3 atom stereocenters. The Labute approximate surface area is 106 Å². The minimum atomic E-state index is -1.06. The van der Waals surface area contributed by atoms with Crippen molar-refractivity contribution in [2.24, 2.45) is 0 Å². The average molecular weight is 272 g/mol. The minimum Gasteiger partial charge on any atom is -0.421 e. The molecule has 104 valence electrons. The summed E-state index contributed by atoms with van der Waals surface area (Å²) in [6.45, 7) is -0.259. The smallest absolute Gasteiger partial charge is 0.330 e. The van der Waals surface area contributed by atoms with E-state index in [1.165, 1.54) is 0 Å². The van der Waals surface area contributed by atoms with Gasteiger partial charge in [-0.25, -0.2) is 4.79 Å². The molecule has 1 aliphatic rings. The van der Waals surface area contributed by atoms with Crippen LogP contribution in [0.5, 0.6) is 5.75 Å². The van der Waals surface area contributed by atoms with Gasteiger partial charge in [0.2, 0.25) is 5.75 Å². The Balaban J connectivity index is 2.39. The lowest BCUT2D eigenvalue weighted by Crippen LogP contribution is -2.35. The second kappa shape index (κ2) is 5.34. The number of carbonyl (C=O) groups is 1. The predicted molar refractivity (Wildman–Crippen MR) is 59.6 cm³/mol. The van der Waals surface area contributed by atoms with E-state index in [0.717, 1.165) is 10.8 Å². The molecule has 1 fully saturated rings. The number of aliphatic hydroxyl groups is 2. The van der Waals surface area contributed by atoms with Crippen LogP contribution in [0.15, 0.2) is 15.8 Å². The Bertz CT molecular complexity index is 578. The molecule has 2 rings (SSSR count). The maximum atomic E-state index is 11.6. The molecule has 0 bridgehead atoms. The van der Waals surface area contributed by atoms with E-state index in [9.17, 15) is 19.5 Å². The molecule has 0 unspecified atom stereocenters. The maximum Gasteiger partial charge on any atom is 0.330 e. The molecule has 0 spiro atoms. The van der Waals surface area contributed by atoms with Gasteiger partial charge in [0, 0.05) is 6.42 Å². The van der Waals surface area contributed by atoms with E-state index in [2.05, 4.69) is 4.74 Å². The van der Waals surface area contributed by atoms with Gasteiger partial charge < -0.3 is 19.7 Å². The van der Waals surface area contributed by atoms with Crippen LogP contribution in [-0.4, -0.2) is 45.1 Å². The molecule has 0 aromatic carbocycles. The van der Waals surface area contributed by atoms with Crippen LogP contribution in [-0.2, 0) is 9.53 Å². The zero-order chi connectivity index (χ0) is 14.0.